The molecule has 6 heteroatoms. The summed E-state index contributed by atoms with van der Waals surface area (Å²) in [5, 5.41) is 3.42. The Bertz CT molecular complexity index is 479. The fourth-order valence-corrected chi connectivity index (χ4v) is 3.06. The van der Waals surface area contributed by atoms with Crippen molar-refractivity contribution in [2.45, 2.75) is 38.8 Å². The lowest BCUT2D eigenvalue weighted by atomic mass is 10.1. The summed E-state index contributed by atoms with van der Waals surface area (Å²) < 4.78 is 11.3. The van der Waals surface area contributed by atoms with E-state index in [4.69, 9.17) is 14.1 Å². The van der Waals surface area contributed by atoms with Gasteiger partial charge in [-0.05, 0) is 52.9 Å². The highest BCUT2D eigenvalue weighted by Crippen LogP contribution is 2.19. The molecule has 0 spiro atoms. The summed E-state index contributed by atoms with van der Waals surface area (Å²) in [4.78, 5) is 9.36. The first-order chi connectivity index (χ1) is 11.7. The molecule has 1 saturated heterocycles. The predicted molar refractivity (Wildman–Crippen MR) is 97.3 cm³/mol. The van der Waals surface area contributed by atoms with Gasteiger partial charge in [-0.3, -0.25) is 9.89 Å². The number of ether oxygens (including phenoxy) is 1. The summed E-state index contributed by atoms with van der Waals surface area (Å²) in [7, 11) is 4.12. The Morgan fingerprint density at radius 3 is 2.71 bits per heavy atom. The number of hydrogen-bond acceptors (Lipinski definition) is 4. The van der Waals surface area contributed by atoms with Crippen LogP contribution < -0.4 is 5.32 Å². The largest absolute Gasteiger partial charge is 0.468 e. The molecule has 2 rings (SSSR count). The summed E-state index contributed by atoms with van der Waals surface area (Å²) in [6.45, 7) is 8.50. The number of guanidine groups is 1. The number of rotatable bonds is 7. The molecule has 0 amide bonds. The van der Waals surface area contributed by atoms with Gasteiger partial charge in [-0.1, -0.05) is 0 Å². The number of nitrogens with zero attached hydrogens (tertiary/aromatic N) is 3. The van der Waals surface area contributed by atoms with E-state index in [1.165, 1.54) is 0 Å². The highest BCUT2D eigenvalue weighted by Gasteiger charge is 2.22. The van der Waals surface area contributed by atoms with Crippen LogP contribution in [0.3, 0.4) is 0 Å². The van der Waals surface area contributed by atoms with Crippen LogP contribution in [0.5, 0.6) is 0 Å². The molecule has 1 unspecified atom stereocenters. The zero-order chi connectivity index (χ0) is 17.4. The van der Waals surface area contributed by atoms with E-state index in [0.29, 0.717) is 12.6 Å². The molecular formula is C18H32N4O2. The highest BCUT2D eigenvalue weighted by atomic mass is 16.5. The van der Waals surface area contributed by atoms with Crippen molar-refractivity contribution < 1.29 is 9.15 Å². The van der Waals surface area contributed by atoms with E-state index in [1.807, 2.05) is 12.1 Å². The minimum Gasteiger partial charge on any atom is -0.468 e. The van der Waals surface area contributed by atoms with Gasteiger partial charge in [-0.15, -0.1) is 0 Å². The molecule has 0 bridgehead atoms. The van der Waals surface area contributed by atoms with Gasteiger partial charge in [-0.2, -0.15) is 0 Å². The van der Waals surface area contributed by atoms with E-state index < -0.39 is 0 Å². The van der Waals surface area contributed by atoms with E-state index in [1.54, 1.807) is 6.26 Å². The van der Waals surface area contributed by atoms with Crippen LogP contribution in [-0.4, -0.2) is 68.7 Å². The third-order valence-electron chi connectivity index (χ3n) is 4.39. The molecule has 1 atom stereocenters. The Morgan fingerprint density at radius 2 is 2.17 bits per heavy atom. The van der Waals surface area contributed by atoms with Gasteiger partial charge in [0.15, 0.2) is 5.96 Å². The van der Waals surface area contributed by atoms with Crippen LogP contribution in [0.2, 0.25) is 0 Å². The van der Waals surface area contributed by atoms with Gasteiger partial charge in [0.25, 0.3) is 0 Å². The second-order valence-electron chi connectivity index (χ2n) is 6.33. The summed E-state index contributed by atoms with van der Waals surface area (Å²) in [6, 6.07) is 4.09. The first-order valence-electron chi connectivity index (χ1n) is 9.00. The molecular weight excluding hydrogens is 304 g/mol. The Labute approximate surface area is 145 Å². The van der Waals surface area contributed by atoms with Crippen LogP contribution in [0.1, 0.15) is 38.5 Å². The molecule has 2 heterocycles. The van der Waals surface area contributed by atoms with Gasteiger partial charge in [0.1, 0.15) is 5.76 Å². The lowest BCUT2D eigenvalue weighted by molar-refractivity contribution is 0.0263. The van der Waals surface area contributed by atoms with Crippen molar-refractivity contribution >= 4 is 5.96 Å². The van der Waals surface area contributed by atoms with Gasteiger partial charge in [0, 0.05) is 26.2 Å². The van der Waals surface area contributed by atoms with Crippen molar-refractivity contribution in [2.24, 2.45) is 4.99 Å². The number of likely N-dealkylation sites (tertiary alicyclic amines) is 1. The predicted octanol–water partition coefficient (Wildman–Crippen LogP) is 2.35. The molecule has 0 radical (unpaired) electrons. The lowest BCUT2D eigenvalue weighted by Gasteiger charge is -2.34. The van der Waals surface area contributed by atoms with Crippen LogP contribution >= 0.6 is 0 Å². The minimum atomic E-state index is 0.148. The summed E-state index contributed by atoms with van der Waals surface area (Å²) in [5.41, 5.74) is 0. The average Bonchev–Trinajstić information content (AvgIpc) is 3.09. The van der Waals surface area contributed by atoms with Crippen LogP contribution in [0.4, 0.5) is 0 Å². The fraction of sp³-hybridized carbons (Fsp3) is 0.722. The first kappa shape index (κ1) is 18.8. The maximum absolute atomic E-state index is 5.74. The normalized spacial score (nSPS) is 18.2. The summed E-state index contributed by atoms with van der Waals surface area (Å²) in [5.74, 6) is 1.94. The zero-order valence-electron chi connectivity index (χ0n) is 15.5. The van der Waals surface area contributed by atoms with E-state index in [0.717, 1.165) is 50.8 Å². The van der Waals surface area contributed by atoms with E-state index >= 15 is 0 Å². The number of hydrogen-bond donors (Lipinski definition) is 1. The van der Waals surface area contributed by atoms with Crippen LogP contribution in [0, 0.1) is 0 Å². The molecule has 0 saturated carbocycles. The molecule has 1 aliphatic heterocycles. The van der Waals surface area contributed by atoms with Crippen molar-refractivity contribution in [3.8, 4) is 0 Å². The number of piperidine rings is 1. The summed E-state index contributed by atoms with van der Waals surface area (Å²) >= 11 is 0. The Kier molecular flexibility index (Phi) is 7.59. The molecule has 24 heavy (non-hydrogen) atoms. The van der Waals surface area contributed by atoms with E-state index in [-0.39, 0.29) is 6.04 Å². The molecule has 1 aromatic heterocycles. The highest BCUT2D eigenvalue weighted by molar-refractivity contribution is 5.80. The van der Waals surface area contributed by atoms with Crippen LogP contribution in [0.25, 0.3) is 0 Å². The molecule has 0 aliphatic carbocycles. The molecule has 6 nitrogen and oxygen atoms in total. The van der Waals surface area contributed by atoms with Crippen molar-refractivity contribution in [3.63, 3.8) is 0 Å². The SMILES string of the molecule is CCNC(=NCC(c1ccco1)N(C)C)N1CCC(OCC)CC1. The molecule has 1 aromatic rings. The average molecular weight is 336 g/mol. The molecule has 1 fully saturated rings. The van der Waals surface area contributed by atoms with Gasteiger partial charge in [0.2, 0.25) is 0 Å². The van der Waals surface area contributed by atoms with Crippen molar-refractivity contribution in [1.29, 1.82) is 0 Å². The maximum Gasteiger partial charge on any atom is 0.193 e. The Balaban J connectivity index is 1.99. The second kappa shape index (κ2) is 9.69. The fourth-order valence-electron chi connectivity index (χ4n) is 3.06. The van der Waals surface area contributed by atoms with Gasteiger partial charge < -0.3 is 19.4 Å². The zero-order valence-corrected chi connectivity index (χ0v) is 15.5. The second-order valence-corrected chi connectivity index (χ2v) is 6.33. The van der Waals surface area contributed by atoms with Gasteiger partial charge in [-0.25, -0.2) is 0 Å². The van der Waals surface area contributed by atoms with E-state index in [9.17, 15) is 0 Å². The number of furan rings is 1. The topological polar surface area (TPSA) is 53.2 Å². The van der Waals surface area contributed by atoms with Crippen molar-refractivity contribution in [3.05, 3.63) is 24.2 Å². The molecule has 136 valence electrons. The van der Waals surface area contributed by atoms with Crippen LogP contribution in [-0.2, 0) is 4.74 Å². The van der Waals surface area contributed by atoms with Crippen LogP contribution in [0.15, 0.2) is 27.8 Å². The van der Waals surface area contributed by atoms with Gasteiger partial charge in [0.05, 0.1) is 25.0 Å². The standard InChI is InChI=1S/C18H32N4O2/c1-5-19-18(22-11-9-15(10-12-22)23-6-2)20-14-16(21(3)4)17-8-7-13-24-17/h7-8,13,15-16H,5-6,9-12,14H2,1-4H3,(H,19,20). The molecule has 1 N–H and O–H groups in total. The third kappa shape index (κ3) is 5.24. The molecule has 1 aliphatic rings. The maximum atomic E-state index is 5.74. The third-order valence-corrected chi connectivity index (χ3v) is 4.39. The molecule has 0 aromatic carbocycles. The Hall–Kier alpha value is -1.53. The minimum absolute atomic E-state index is 0.148. The number of aliphatic imine (C=N–C) groups is 1. The van der Waals surface area contributed by atoms with Crippen molar-refractivity contribution in [2.75, 3.05) is 46.9 Å². The smallest absolute Gasteiger partial charge is 0.193 e. The number of likely N-dealkylation sites (N-methyl/N-ethyl adjacent to an activating group) is 1. The Morgan fingerprint density at radius 1 is 1.42 bits per heavy atom. The first-order valence-corrected chi connectivity index (χ1v) is 9.00. The number of nitrogens with one attached hydrogen (secondary N) is 1. The monoisotopic (exact) mass is 336 g/mol. The quantitative estimate of drug-likeness (QED) is 0.612. The summed E-state index contributed by atoms with van der Waals surface area (Å²) in [6.07, 6.45) is 4.24. The van der Waals surface area contributed by atoms with E-state index in [2.05, 4.69) is 43.1 Å². The van der Waals surface area contributed by atoms with Crippen molar-refractivity contribution in [1.82, 2.24) is 15.1 Å². The van der Waals surface area contributed by atoms with Gasteiger partial charge >= 0.3 is 0 Å². The lowest BCUT2D eigenvalue weighted by Crippen LogP contribution is -2.47.